The van der Waals surface area contributed by atoms with Crippen LogP contribution in [0.25, 0.3) is 0 Å². The van der Waals surface area contributed by atoms with Gasteiger partial charge in [0, 0.05) is 5.92 Å². The summed E-state index contributed by atoms with van der Waals surface area (Å²) < 4.78 is 6.57. The van der Waals surface area contributed by atoms with E-state index in [2.05, 4.69) is 0 Å². The molecule has 1 atom stereocenters. The minimum Gasteiger partial charge on any atom is -0.508 e. The molecule has 0 saturated carbocycles. The fourth-order valence-electron chi connectivity index (χ4n) is 4.44. The maximum atomic E-state index is 10.3. The predicted molar refractivity (Wildman–Crippen MR) is 134 cm³/mol. The molecule has 4 aromatic rings. The topological polar surface area (TPSA) is 131 Å². The molecule has 186 valence electrons. The average Bonchev–Trinajstić information content (AvgIpc) is 2.89. The van der Waals surface area contributed by atoms with Gasteiger partial charge in [-0.05, 0) is 70.8 Å². The first-order chi connectivity index (χ1) is 17.3. The minimum absolute atomic E-state index is 0.0552. The summed E-state index contributed by atoms with van der Waals surface area (Å²) in [4.78, 5) is 0. The molecule has 0 aliphatic carbocycles. The van der Waals surface area contributed by atoms with Gasteiger partial charge in [0.15, 0.2) is 0 Å². The van der Waals surface area contributed by atoms with E-state index in [0.717, 1.165) is 11.1 Å². The van der Waals surface area contributed by atoms with E-state index in [-0.39, 0.29) is 29.6 Å². The zero-order valence-electron chi connectivity index (χ0n) is 19.4. The van der Waals surface area contributed by atoms with Crippen molar-refractivity contribution in [2.45, 2.75) is 17.6 Å². The van der Waals surface area contributed by atoms with E-state index in [9.17, 15) is 30.6 Å². The Morgan fingerprint density at radius 3 is 1.22 bits per heavy atom. The molecule has 36 heavy (non-hydrogen) atoms. The van der Waals surface area contributed by atoms with E-state index >= 15 is 0 Å². The lowest BCUT2D eigenvalue weighted by atomic mass is 9.69. The van der Waals surface area contributed by atoms with Gasteiger partial charge in [0.05, 0.1) is 13.2 Å². The lowest BCUT2D eigenvalue weighted by molar-refractivity contribution is -0.0796. The maximum absolute atomic E-state index is 10.3. The highest BCUT2D eigenvalue weighted by Gasteiger charge is 2.45. The molecule has 0 bridgehead atoms. The van der Waals surface area contributed by atoms with Crippen LogP contribution in [0.1, 0.15) is 28.2 Å². The Labute approximate surface area is 208 Å². The van der Waals surface area contributed by atoms with Gasteiger partial charge in [0.1, 0.15) is 34.7 Å². The molecule has 0 aliphatic rings. The van der Waals surface area contributed by atoms with Crippen molar-refractivity contribution in [2.75, 3.05) is 13.2 Å². The maximum Gasteiger partial charge on any atom is 0.129 e. The van der Waals surface area contributed by atoms with Gasteiger partial charge in [-0.2, -0.15) is 0 Å². The first-order valence-electron chi connectivity index (χ1n) is 11.4. The molecule has 0 radical (unpaired) electrons. The second kappa shape index (κ2) is 10.7. The normalized spacial score (nSPS) is 12.5. The number of hydrogen-bond acceptors (Lipinski definition) is 7. The van der Waals surface area contributed by atoms with Gasteiger partial charge in [-0.3, -0.25) is 0 Å². The number of ether oxygens (including phenoxy) is 1. The average molecular weight is 489 g/mol. The molecule has 0 spiro atoms. The van der Waals surface area contributed by atoms with Crippen molar-refractivity contribution >= 4 is 0 Å². The van der Waals surface area contributed by atoms with Crippen LogP contribution >= 0.6 is 0 Å². The largest absolute Gasteiger partial charge is 0.508 e. The van der Waals surface area contributed by atoms with E-state index in [1.165, 1.54) is 24.3 Å². The first kappa shape index (κ1) is 25.1. The predicted octanol–water partition coefficient (Wildman–Crippen LogP) is 3.95. The molecule has 4 rings (SSSR count). The molecule has 0 fully saturated rings. The molecule has 4 aromatic carbocycles. The molecule has 0 aromatic heterocycles. The number of aliphatic hydroxyl groups is 2. The zero-order chi connectivity index (χ0) is 25.7. The Hall–Kier alpha value is -4.04. The first-order valence-corrected chi connectivity index (χ1v) is 11.4. The van der Waals surface area contributed by atoms with Crippen LogP contribution < -0.4 is 0 Å². The Kier molecular flexibility index (Phi) is 7.45. The lowest BCUT2D eigenvalue weighted by Gasteiger charge is -2.43. The fraction of sp³-hybridized carbons (Fsp3) is 0.172. The standard InChI is InChI=1S/C29H28O7/c30-17-27(35)18-36-29(21-5-13-25(33)14-6-21,22-7-15-26(34)16-8-22)28(19-1-9-23(31)10-2-19)20-3-11-24(32)12-4-20/h1-16,27-28,30-35H,17-18H2. The fourth-order valence-corrected chi connectivity index (χ4v) is 4.44. The van der Waals surface area contributed by atoms with Gasteiger partial charge in [-0.15, -0.1) is 0 Å². The second-order valence-electron chi connectivity index (χ2n) is 8.59. The van der Waals surface area contributed by atoms with E-state index in [0.29, 0.717) is 11.1 Å². The third-order valence-corrected chi connectivity index (χ3v) is 6.17. The second-order valence-corrected chi connectivity index (χ2v) is 8.59. The van der Waals surface area contributed by atoms with Crippen molar-refractivity contribution in [1.82, 2.24) is 0 Å². The minimum atomic E-state index is -1.34. The number of aliphatic hydroxyl groups excluding tert-OH is 2. The van der Waals surface area contributed by atoms with E-state index < -0.39 is 24.2 Å². The zero-order valence-corrected chi connectivity index (χ0v) is 19.4. The molecular weight excluding hydrogens is 460 g/mol. The summed E-state index contributed by atoms with van der Waals surface area (Å²) in [6.45, 7) is -0.741. The molecule has 0 saturated heterocycles. The Balaban J connectivity index is 2.07. The van der Waals surface area contributed by atoms with Crippen LogP contribution in [-0.2, 0) is 10.3 Å². The molecule has 0 aliphatic heterocycles. The molecular formula is C29H28O7. The van der Waals surface area contributed by atoms with Crippen LogP contribution in [0.3, 0.4) is 0 Å². The smallest absolute Gasteiger partial charge is 0.129 e. The van der Waals surface area contributed by atoms with E-state index in [1.807, 2.05) is 0 Å². The van der Waals surface area contributed by atoms with Crippen molar-refractivity contribution in [1.29, 1.82) is 0 Å². The molecule has 7 nitrogen and oxygen atoms in total. The quantitative estimate of drug-likeness (QED) is 0.210. The highest BCUT2D eigenvalue weighted by atomic mass is 16.5. The SMILES string of the molecule is OCC(O)COC(c1ccc(O)cc1)(c1ccc(O)cc1)C(c1ccc(O)cc1)c1ccc(O)cc1. The highest BCUT2D eigenvalue weighted by Crippen LogP contribution is 2.50. The summed E-state index contributed by atoms with van der Waals surface area (Å²) >= 11 is 0. The monoisotopic (exact) mass is 488 g/mol. The number of rotatable bonds is 9. The molecule has 7 heteroatoms. The Morgan fingerprint density at radius 1 is 0.556 bits per heavy atom. The molecule has 0 amide bonds. The van der Waals surface area contributed by atoms with Crippen LogP contribution in [0.4, 0.5) is 0 Å². The number of hydrogen-bond donors (Lipinski definition) is 6. The third kappa shape index (κ3) is 5.13. The highest BCUT2D eigenvalue weighted by molar-refractivity contribution is 5.50. The number of benzene rings is 4. The van der Waals surface area contributed by atoms with Crippen molar-refractivity contribution in [2.24, 2.45) is 0 Å². The molecule has 1 unspecified atom stereocenters. The van der Waals surface area contributed by atoms with Crippen LogP contribution in [0.15, 0.2) is 97.1 Å². The van der Waals surface area contributed by atoms with Gasteiger partial charge in [0.25, 0.3) is 0 Å². The Bertz CT molecular complexity index is 1160. The van der Waals surface area contributed by atoms with E-state index in [4.69, 9.17) is 4.74 Å². The summed E-state index contributed by atoms with van der Waals surface area (Å²) in [5.74, 6) is -0.322. The number of phenols is 4. The van der Waals surface area contributed by atoms with Crippen LogP contribution in [0, 0.1) is 0 Å². The molecule has 0 heterocycles. The van der Waals surface area contributed by atoms with Crippen molar-refractivity contribution < 1.29 is 35.4 Å². The van der Waals surface area contributed by atoms with Crippen molar-refractivity contribution in [3.8, 4) is 23.0 Å². The van der Waals surface area contributed by atoms with Gasteiger partial charge in [0.2, 0.25) is 0 Å². The van der Waals surface area contributed by atoms with Crippen LogP contribution in [-0.4, -0.2) is 50.0 Å². The van der Waals surface area contributed by atoms with E-state index in [1.54, 1.807) is 72.8 Å². The summed E-state index contributed by atoms with van der Waals surface area (Å²) in [7, 11) is 0. The summed E-state index contributed by atoms with van der Waals surface area (Å²) in [5.41, 5.74) is 1.41. The van der Waals surface area contributed by atoms with Gasteiger partial charge in [-0.25, -0.2) is 0 Å². The Morgan fingerprint density at radius 2 is 0.889 bits per heavy atom. The number of phenolic OH excluding ortho intramolecular Hbond substituents is 4. The van der Waals surface area contributed by atoms with Gasteiger partial charge < -0.3 is 35.4 Å². The van der Waals surface area contributed by atoms with Crippen molar-refractivity contribution in [3.05, 3.63) is 119 Å². The third-order valence-electron chi connectivity index (χ3n) is 6.17. The molecule has 6 N–H and O–H groups in total. The van der Waals surface area contributed by atoms with Crippen LogP contribution in [0.5, 0.6) is 23.0 Å². The van der Waals surface area contributed by atoms with Crippen molar-refractivity contribution in [3.63, 3.8) is 0 Å². The number of aromatic hydroxyl groups is 4. The summed E-state index contributed by atoms with van der Waals surface area (Å²) in [6.07, 6.45) is -1.17. The summed E-state index contributed by atoms with van der Waals surface area (Å²) in [6, 6.07) is 26.2. The summed E-state index contributed by atoms with van der Waals surface area (Å²) in [5, 5.41) is 59.8. The van der Waals surface area contributed by atoms with Gasteiger partial charge >= 0.3 is 0 Å². The van der Waals surface area contributed by atoms with Gasteiger partial charge in [-0.1, -0.05) is 48.5 Å². The lowest BCUT2D eigenvalue weighted by Crippen LogP contribution is -2.41. The van der Waals surface area contributed by atoms with Crippen LogP contribution in [0.2, 0.25) is 0 Å².